The molecule has 0 heterocycles. The number of aryl methyl sites for hydroxylation is 1. The largest absolute Gasteiger partial charge is 0.485 e. The van der Waals surface area contributed by atoms with Crippen molar-refractivity contribution in [1.29, 1.82) is 0 Å². The SMILES string of the molecule is CCOC1C(N)CC1Oc1cccc(C)c1F. The summed E-state index contributed by atoms with van der Waals surface area (Å²) in [6, 6.07) is 5.12. The molecule has 1 aromatic rings. The predicted molar refractivity (Wildman–Crippen MR) is 63.6 cm³/mol. The van der Waals surface area contributed by atoms with Crippen LogP contribution in [0.4, 0.5) is 4.39 Å². The Bertz CT molecular complexity index is 397. The molecule has 1 aliphatic rings. The summed E-state index contributed by atoms with van der Waals surface area (Å²) in [5.74, 6) is -0.0187. The molecule has 1 aliphatic carbocycles. The van der Waals surface area contributed by atoms with E-state index in [-0.39, 0.29) is 29.8 Å². The first-order valence-corrected chi connectivity index (χ1v) is 5.92. The second-order valence-corrected chi connectivity index (χ2v) is 4.36. The lowest BCUT2D eigenvalue weighted by atomic mass is 9.86. The van der Waals surface area contributed by atoms with Gasteiger partial charge in [-0.15, -0.1) is 0 Å². The van der Waals surface area contributed by atoms with Gasteiger partial charge in [0.2, 0.25) is 0 Å². The molecule has 0 saturated heterocycles. The summed E-state index contributed by atoms with van der Waals surface area (Å²) in [4.78, 5) is 0. The van der Waals surface area contributed by atoms with Crippen LogP contribution in [0.3, 0.4) is 0 Å². The third kappa shape index (κ3) is 2.42. The van der Waals surface area contributed by atoms with Crippen molar-refractivity contribution in [3.8, 4) is 5.75 Å². The molecule has 0 aliphatic heterocycles. The van der Waals surface area contributed by atoms with E-state index in [4.69, 9.17) is 15.2 Å². The molecule has 3 nitrogen and oxygen atoms in total. The van der Waals surface area contributed by atoms with E-state index in [2.05, 4.69) is 0 Å². The average Bonchev–Trinajstić information content (AvgIpc) is 2.31. The zero-order valence-corrected chi connectivity index (χ0v) is 10.2. The van der Waals surface area contributed by atoms with E-state index in [9.17, 15) is 4.39 Å². The molecule has 2 N–H and O–H groups in total. The molecule has 0 radical (unpaired) electrons. The van der Waals surface area contributed by atoms with Gasteiger partial charge in [0.1, 0.15) is 12.2 Å². The van der Waals surface area contributed by atoms with E-state index in [0.717, 1.165) is 0 Å². The van der Waals surface area contributed by atoms with Crippen LogP contribution in [0.5, 0.6) is 5.75 Å². The van der Waals surface area contributed by atoms with Gasteiger partial charge in [-0.3, -0.25) is 0 Å². The highest BCUT2D eigenvalue weighted by molar-refractivity contribution is 5.30. The van der Waals surface area contributed by atoms with Crippen molar-refractivity contribution >= 4 is 0 Å². The molecule has 0 spiro atoms. The van der Waals surface area contributed by atoms with Crippen LogP contribution in [0, 0.1) is 12.7 Å². The molecule has 3 atom stereocenters. The standard InChI is InChI=1S/C13H18FNO2/c1-3-16-13-9(15)7-11(13)17-10-6-4-5-8(2)12(10)14/h4-6,9,11,13H,3,7,15H2,1-2H3. The maximum absolute atomic E-state index is 13.7. The van der Waals surface area contributed by atoms with Gasteiger partial charge >= 0.3 is 0 Å². The molecule has 1 aromatic carbocycles. The number of ether oxygens (including phenoxy) is 2. The minimum absolute atomic E-state index is 0.00665. The van der Waals surface area contributed by atoms with Gasteiger partial charge in [-0.05, 0) is 25.5 Å². The zero-order chi connectivity index (χ0) is 12.4. The van der Waals surface area contributed by atoms with E-state index in [1.165, 1.54) is 0 Å². The van der Waals surface area contributed by atoms with E-state index in [1.54, 1.807) is 25.1 Å². The van der Waals surface area contributed by atoms with Crippen LogP contribution < -0.4 is 10.5 Å². The fourth-order valence-electron chi connectivity index (χ4n) is 2.03. The number of hydrogen-bond acceptors (Lipinski definition) is 3. The summed E-state index contributed by atoms with van der Waals surface area (Å²) in [6.07, 6.45) is 0.444. The molecule has 0 bridgehead atoms. The number of halogens is 1. The third-order valence-corrected chi connectivity index (χ3v) is 3.09. The van der Waals surface area contributed by atoms with Crippen LogP contribution in [-0.2, 0) is 4.74 Å². The first kappa shape index (κ1) is 12.3. The van der Waals surface area contributed by atoms with Crippen LogP contribution in [0.25, 0.3) is 0 Å². The van der Waals surface area contributed by atoms with Crippen LogP contribution in [-0.4, -0.2) is 24.9 Å². The van der Waals surface area contributed by atoms with E-state index in [1.807, 2.05) is 6.92 Å². The predicted octanol–water partition coefficient (Wildman–Crippen LogP) is 2.02. The Morgan fingerprint density at radius 2 is 2.24 bits per heavy atom. The van der Waals surface area contributed by atoms with Crippen molar-refractivity contribution in [3.05, 3.63) is 29.6 Å². The summed E-state index contributed by atoms with van der Waals surface area (Å²) < 4.78 is 24.8. The van der Waals surface area contributed by atoms with Crippen molar-refractivity contribution in [3.63, 3.8) is 0 Å². The van der Waals surface area contributed by atoms with Gasteiger partial charge in [0.15, 0.2) is 11.6 Å². The van der Waals surface area contributed by atoms with Crippen LogP contribution >= 0.6 is 0 Å². The molecule has 1 saturated carbocycles. The molecule has 17 heavy (non-hydrogen) atoms. The molecule has 4 heteroatoms. The maximum Gasteiger partial charge on any atom is 0.167 e. The Balaban J connectivity index is 2.04. The lowest BCUT2D eigenvalue weighted by Crippen LogP contribution is -2.59. The maximum atomic E-state index is 13.7. The smallest absolute Gasteiger partial charge is 0.167 e. The van der Waals surface area contributed by atoms with Crippen molar-refractivity contribution in [2.75, 3.05) is 6.61 Å². The quantitative estimate of drug-likeness (QED) is 0.874. The van der Waals surface area contributed by atoms with Gasteiger partial charge in [-0.1, -0.05) is 12.1 Å². The monoisotopic (exact) mass is 239 g/mol. The first-order valence-electron chi connectivity index (χ1n) is 5.92. The fourth-order valence-corrected chi connectivity index (χ4v) is 2.03. The Morgan fingerprint density at radius 1 is 1.47 bits per heavy atom. The topological polar surface area (TPSA) is 44.5 Å². The minimum Gasteiger partial charge on any atom is -0.485 e. The minimum atomic E-state index is -0.303. The summed E-state index contributed by atoms with van der Waals surface area (Å²) in [5, 5.41) is 0. The lowest BCUT2D eigenvalue weighted by Gasteiger charge is -2.41. The highest BCUT2D eigenvalue weighted by atomic mass is 19.1. The number of rotatable bonds is 4. The molecule has 3 unspecified atom stereocenters. The number of benzene rings is 1. The molecular formula is C13H18FNO2. The van der Waals surface area contributed by atoms with Gasteiger partial charge in [0.05, 0.1) is 0 Å². The van der Waals surface area contributed by atoms with Gasteiger partial charge < -0.3 is 15.2 Å². The summed E-state index contributed by atoms with van der Waals surface area (Å²) in [7, 11) is 0. The average molecular weight is 239 g/mol. The molecule has 0 amide bonds. The van der Waals surface area contributed by atoms with Crippen LogP contribution in [0.2, 0.25) is 0 Å². The normalized spacial score (nSPS) is 27.6. The van der Waals surface area contributed by atoms with E-state index < -0.39 is 0 Å². The Morgan fingerprint density at radius 3 is 2.88 bits per heavy atom. The molecule has 0 aromatic heterocycles. The second kappa shape index (κ2) is 5.02. The van der Waals surface area contributed by atoms with Gasteiger partial charge in [0.25, 0.3) is 0 Å². The van der Waals surface area contributed by atoms with E-state index in [0.29, 0.717) is 18.6 Å². The summed E-state index contributed by atoms with van der Waals surface area (Å²) >= 11 is 0. The summed E-state index contributed by atoms with van der Waals surface area (Å²) in [6.45, 7) is 4.22. The molecule has 94 valence electrons. The molecular weight excluding hydrogens is 221 g/mol. The highest BCUT2D eigenvalue weighted by Gasteiger charge is 2.41. The van der Waals surface area contributed by atoms with Crippen LogP contribution in [0.15, 0.2) is 18.2 Å². The molecule has 1 fully saturated rings. The van der Waals surface area contributed by atoms with Crippen molar-refractivity contribution in [2.45, 2.75) is 38.5 Å². The highest BCUT2D eigenvalue weighted by Crippen LogP contribution is 2.29. The number of hydrogen-bond donors (Lipinski definition) is 1. The Labute approximate surface area is 101 Å². The van der Waals surface area contributed by atoms with Gasteiger partial charge in [-0.25, -0.2) is 4.39 Å². The Hall–Kier alpha value is -1.13. The summed E-state index contributed by atoms with van der Waals surface area (Å²) in [5.41, 5.74) is 6.40. The number of nitrogens with two attached hydrogens (primary N) is 1. The van der Waals surface area contributed by atoms with Gasteiger partial charge in [-0.2, -0.15) is 0 Å². The van der Waals surface area contributed by atoms with Crippen molar-refractivity contribution in [2.24, 2.45) is 5.73 Å². The van der Waals surface area contributed by atoms with Crippen molar-refractivity contribution in [1.82, 2.24) is 0 Å². The lowest BCUT2D eigenvalue weighted by molar-refractivity contribution is -0.0955. The fraction of sp³-hybridized carbons (Fsp3) is 0.538. The Kier molecular flexibility index (Phi) is 3.64. The molecule has 2 rings (SSSR count). The first-order chi connectivity index (χ1) is 8.13. The van der Waals surface area contributed by atoms with Gasteiger partial charge in [0, 0.05) is 19.1 Å². The van der Waals surface area contributed by atoms with Crippen LogP contribution in [0.1, 0.15) is 18.9 Å². The van der Waals surface area contributed by atoms with Crippen molar-refractivity contribution < 1.29 is 13.9 Å². The second-order valence-electron chi connectivity index (χ2n) is 4.36. The third-order valence-electron chi connectivity index (χ3n) is 3.09. The van der Waals surface area contributed by atoms with E-state index >= 15 is 0 Å². The zero-order valence-electron chi connectivity index (χ0n) is 10.2.